The Morgan fingerprint density at radius 1 is 0.615 bits per heavy atom. The van der Waals surface area contributed by atoms with Gasteiger partial charge in [-0.05, 0) is 74.5 Å². The summed E-state index contributed by atoms with van der Waals surface area (Å²) in [5, 5.41) is 8.10. The first-order chi connectivity index (χ1) is 18.9. The molecule has 0 saturated heterocycles. The number of anilines is 6. The topological polar surface area (TPSA) is 163 Å². The molecule has 11 nitrogen and oxygen atoms in total. The molecule has 0 aliphatic carbocycles. The summed E-state index contributed by atoms with van der Waals surface area (Å²) in [4.78, 5) is 26.6. The second-order valence-electron chi connectivity index (χ2n) is 8.97. The van der Waals surface area contributed by atoms with Crippen LogP contribution in [-0.2, 0) is 0 Å². The van der Waals surface area contributed by atoms with Crippen LogP contribution in [0.3, 0.4) is 0 Å². The van der Waals surface area contributed by atoms with Gasteiger partial charge in [0.25, 0.3) is 0 Å². The van der Waals surface area contributed by atoms with E-state index in [1.165, 1.54) is 0 Å². The van der Waals surface area contributed by atoms with Gasteiger partial charge in [-0.15, -0.1) is 0 Å². The van der Waals surface area contributed by atoms with Crippen LogP contribution >= 0.6 is 0 Å². The molecule has 6 aromatic rings. The van der Waals surface area contributed by atoms with Crippen molar-refractivity contribution in [2.24, 2.45) is 0 Å². The number of ether oxygens (including phenoxy) is 1. The molecular weight excluding hydrogens is 492 g/mol. The van der Waals surface area contributed by atoms with Crippen molar-refractivity contribution in [2.45, 2.75) is 13.8 Å². The molecule has 11 heteroatoms. The summed E-state index contributed by atoms with van der Waals surface area (Å²) >= 11 is 0. The number of aryl methyl sites for hydroxylation is 2. The average Bonchev–Trinajstić information content (AvgIpc) is 2.90. The number of nitrogen functional groups attached to an aromatic ring is 2. The Labute approximate surface area is 223 Å². The maximum absolute atomic E-state index is 6.24. The molecule has 0 bridgehead atoms. The van der Waals surface area contributed by atoms with Crippen molar-refractivity contribution in [3.05, 3.63) is 84.4 Å². The van der Waals surface area contributed by atoms with Gasteiger partial charge in [-0.2, -0.15) is 15.0 Å². The number of benzene rings is 2. The Morgan fingerprint density at radius 3 is 1.64 bits per heavy atom. The summed E-state index contributed by atoms with van der Waals surface area (Å²) in [7, 11) is 0. The molecule has 6 rings (SSSR count). The Balaban J connectivity index is 1.36. The third kappa shape index (κ3) is 5.14. The minimum atomic E-state index is 0.0939. The second kappa shape index (κ2) is 9.71. The monoisotopic (exact) mass is 516 g/mol. The summed E-state index contributed by atoms with van der Waals surface area (Å²) in [5.41, 5.74) is 18.5. The molecule has 6 N–H and O–H groups in total. The summed E-state index contributed by atoms with van der Waals surface area (Å²) in [5.74, 6) is 1.08. The fourth-order valence-corrected chi connectivity index (χ4v) is 4.22. The van der Waals surface area contributed by atoms with Gasteiger partial charge in [0, 0.05) is 57.3 Å². The van der Waals surface area contributed by atoms with E-state index in [9.17, 15) is 0 Å². The first-order valence-electron chi connectivity index (χ1n) is 12.1. The standard InChI is InChI=1S/C28H24N10O/c1-15-11-22(29)20-13-17(3-5-24(20)32-15)34-26-36-27(38-28(37-26)39-19-7-9-31-10-8-19)35-18-4-6-25-21(14-18)23(30)12-16(2)33-25/h3-14H,1-2H3,(H2,29,32)(H2,30,33)(H2,34,35,36,37,38). The minimum absolute atomic E-state index is 0.0939. The van der Waals surface area contributed by atoms with Crippen LogP contribution < -0.4 is 26.8 Å². The SMILES string of the molecule is Cc1cc(N)c2cc(Nc3nc(Nc4ccc5nc(C)cc(N)c5c4)nc(Oc4ccncc4)n3)ccc2n1. The highest BCUT2D eigenvalue weighted by atomic mass is 16.5. The molecule has 4 heterocycles. The van der Waals surface area contributed by atoms with Crippen LogP contribution in [0.15, 0.2) is 73.1 Å². The number of pyridine rings is 3. The van der Waals surface area contributed by atoms with Crippen molar-refractivity contribution in [2.75, 3.05) is 22.1 Å². The number of rotatable bonds is 6. The second-order valence-corrected chi connectivity index (χ2v) is 8.97. The van der Waals surface area contributed by atoms with E-state index in [4.69, 9.17) is 16.2 Å². The van der Waals surface area contributed by atoms with Crippen molar-refractivity contribution in [3.63, 3.8) is 0 Å². The summed E-state index contributed by atoms with van der Waals surface area (Å²) < 4.78 is 5.90. The summed E-state index contributed by atoms with van der Waals surface area (Å²) in [6.45, 7) is 3.82. The zero-order valence-electron chi connectivity index (χ0n) is 21.2. The maximum atomic E-state index is 6.24. The number of fused-ring (bicyclic) bond motifs is 2. The van der Waals surface area contributed by atoms with Crippen LogP contribution in [0.2, 0.25) is 0 Å². The molecular formula is C28H24N10O. The van der Waals surface area contributed by atoms with Gasteiger partial charge in [0.15, 0.2) is 0 Å². The molecule has 0 aliphatic rings. The van der Waals surface area contributed by atoms with Gasteiger partial charge in [-0.25, -0.2) is 0 Å². The van der Waals surface area contributed by atoms with Gasteiger partial charge in [-0.1, -0.05) is 0 Å². The third-order valence-electron chi connectivity index (χ3n) is 5.92. The van der Waals surface area contributed by atoms with Crippen LogP contribution in [-0.4, -0.2) is 29.9 Å². The average molecular weight is 517 g/mol. The Kier molecular flexibility index (Phi) is 5.92. The van der Waals surface area contributed by atoms with E-state index < -0.39 is 0 Å². The third-order valence-corrected chi connectivity index (χ3v) is 5.92. The molecule has 192 valence electrons. The predicted molar refractivity (Wildman–Crippen MR) is 152 cm³/mol. The molecule has 0 radical (unpaired) electrons. The lowest BCUT2D eigenvalue weighted by molar-refractivity contribution is 0.441. The zero-order valence-corrected chi connectivity index (χ0v) is 21.2. The van der Waals surface area contributed by atoms with Gasteiger partial charge >= 0.3 is 6.01 Å². The Hall–Kier alpha value is -5.58. The van der Waals surface area contributed by atoms with Gasteiger partial charge in [-0.3, -0.25) is 15.0 Å². The number of hydrogen-bond donors (Lipinski definition) is 4. The normalized spacial score (nSPS) is 11.0. The fourth-order valence-electron chi connectivity index (χ4n) is 4.22. The van der Waals surface area contributed by atoms with Gasteiger partial charge in [0.2, 0.25) is 11.9 Å². The fraction of sp³-hybridized carbons (Fsp3) is 0.0714. The molecule has 2 aromatic carbocycles. The van der Waals surface area contributed by atoms with E-state index in [1.807, 2.05) is 62.4 Å². The van der Waals surface area contributed by atoms with Crippen LogP contribution in [0.4, 0.5) is 34.6 Å². The highest BCUT2D eigenvalue weighted by Gasteiger charge is 2.12. The van der Waals surface area contributed by atoms with Crippen LogP contribution in [0.1, 0.15) is 11.4 Å². The number of hydrogen-bond acceptors (Lipinski definition) is 11. The van der Waals surface area contributed by atoms with Crippen molar-refractivity contribution in [1.29, 1.82) is 0 Å². The van der Waals surface area contributed by atoms with Gasteiger partial charge in [0.05, 0.1) is 11.0 Å². The summed E-state index contributed by atoms with van der Waals surface area (Å²) in [6, 6.07) is 18.6. The molecule has 0 fully saturated rings. The minimum Gasteiger partial charge on any atom is -0.424 e. The molecule has 0 spiro atoms. The van der Waals surface area contributed by atoms with Crippen LogP contribution in [0, 0.1) is 13.8 Å². The first-order valence-corrected chi connectivity index (χ1v) is 12.1. The molecule has 0 unspecified atom stereocenters. The van der Waals surface area contributed by atoms with E-state index in [1.54, 1.807) is 24.5 Å². The number of aromatic nitrogens is 6. The van der Waals surface area contributed by atoms with Gasteiger partial charge < -0.3 is 26.8 Å². The van der Waals surface area contributed by atoms with Crippen molar-refractivity contribution < 1.29 is 4.74 Å². The molecule has 0 aliphatic heterocycles. The highest BCUT2D eigenvalue weighted by molar-refractivity contribution is 5.94. The zero-order chi connectivity index (χ0) is 26.9. The van der Waals surface area contributed by atoms with Crippen molar-refractivity contribution in [3.8, 4) is 11.8 Å². The van der Waals surface area contributed by atoms with E-state index in [0.717, 1.165) is 44.6 Å². The smallest absolute Gasteiger partial charge is 0.328 e. The number of nitrogens with zero attached hydrogens (tertiary/aromatic N) is 6. The molecule has 0 atom stereocenters. The largest absolute Gasteiger partial charge is 0.424 e. The molecule has 4 aromatic heterocycles. The van der Waals surface area contributed by atoms with E-state index in [-0.39, 0.29) is 17.9 Å². The van der Waals surface area contributed by atoms with Crippen molar-refractivity contribution in [1.82, 2.24) is 29.9 Å². The van der Waals surface area contributed by atoms with E-state index in [2.05, 4.69) is 40.5 Å². The Morgan fingerprint density at radius 2 is 1.13 bits per heavy atom. The lowest BCUT2D eigenvalue weighted by Crippen LogP contribution is -2.06. The lowest BCUT2D eigenvalue weighted by Gasteiger charge is -2.12. The van der Waals surface area contributed by atoms with Gasteiger partial charge in [0.1, 0.15) is 5.75 Å². The maximum Gasteiger partial charge on any atom is 0.328 e. The predicted octanol–water partition coefficient (Wildman–Crippen LogP) is 5.42. The van der Waals surface area contributed by atoms with E-state index in [0.29, 0.717) is 17.1 Å². The number of nitrogens with two attached hydrogens (primary N) is 2. The summed E-state index contributed by atoms with van der Waals surface area (Å²) in [6.07, 6.45) is 3.25. The lowest BCUT2D eigenvalue weighted by atomic mass is 10.1. The van der Waals surface area contributed by atoms with E-state index >= 15 is 0 Å². The number of nitrogens with one attached hydrogen (secondary N) is 2. The quantitative estimate of drug-likeness (QED) is 0.223. The molecule has 0 saturated carbocycles. The highest BCUT2D eigenvalue weighted by Crippen LogP contribution is 2.29. The van der Waals surface area contributed by atoms with Crippen molar-refractivity contribution >= 4 is 56.5 Å². The molecule has 39 heavy (non-hydrogen) atoms. The van der Waals surface area contributed by atoms with Crippen LogP contribution in [0.25, 0.3) is 21.8 Å². The molecule has 0 amide bonds. The first kappa shape index (κ1) is 23.8. The Bertz CT molecular complexity index is 1730. The van der Waals surface area contributed by atoms with Crippen LogP contribution in [0.5, 0.6) is 11.8 Å².